The number of pyridine rings is 1. The molecule has 0 radical (unpaired) electrons. The van der Waals surface area contributed by atoms with Gasteiger partial charge in [-0.3, -0.25) is 0 Å². The summed E-state index contributed by atoms with van der Waals surface area (Å²) in [5.41, 5.74) is 0.00162. The molecular weight excluding hydrogens is 256 g/mol. The van der Waals surface area contributed by atoms with Crippen molar-refractivity contribution >= 4 is 21.7 Å². The van der Waals surface area contributed by atoms with Gasteiger partial charge in [-0.05, 0) is 26.0 Å². The molecule has 1 heterocycles. The van der Waals surface area contributed by atoms with Crippen LogP contribution >= 0.6 is 15.9 Å². The summed E-state index contributed by atoms with van der Waals surface area (Å²) in [4.78, 5) is 6.46. The maximum absolute atomic E-state index is 5.29. The second-order valence-corrected chi connectivity index (χ2v) is 4.60. The third kappa shape index (κ3) is 2.62. The van der Waals surface area contributed by atoms with Crippen LogP contribution in [-0.4, -0.2) is 30.0 Å². The maximum Gasteiger partial charge on any atom is 0.171 e. The maximum atomic E-state index is 5.29. The zero-order valence-electron chi connectivity index (χ0n) is 9.62. The Morgan fingerprint density at radius 1 is 1.53 bits per heavy atom. The molecule has 84 valence electrons. The van der Waals surface area contributed by atoms with Crippen LogP contribution in [0.4, 0.5) is 5.82 Å². The van der Waals surface area contributed by atoms with E-state index in [-0.39, 0.29) is 5.54 Å². The zero-order valence-corrected chi connectivity index (χ0v) is 11.2. The second-order valence-electron chi connectivity index (χ2n) is 4.03. The van der Waals surface area contributed by atoms with Gasteiger partial charge in [-0.2, -0.15) is 0 Å². The highest BCUT2D eigenvalue weighted by Crippen LogP contribution is 2.29. The molecule has 0 N–H and O–H groups in total. The quantitative estimate of drug-likeness (QED) is 0.789. The van der Waals surface area contributed by atoms with Crippen molar-refractivity contribution in [2.75, 3.05) is 24.4 Å². The summed E-state index contributed by atoms with van der Waals surface area (Å²) in [6.45, 7) is 4.30. The van der Waals surface area contributed by atoms with E-state index in [2.05, 4.69) is 39.7 Å². The number of hydrogen-bond donors (Lipinski definition) is 0. The minimum Gasteiger partial charge on any atom is -0.493 e. The van der Waals surface area contributed by atoms with Crippen LogP contribution in [0.1, 0.15) is 13.8 Å². The summed E-state index contributed by atoms with van der Waals surface area (Å²) < 4.78 is 5.29. The molecule has 0 fully saturated rings. The molecule has 0 spiro atoms. The monoisotopic (exact) mass is 272 g/mol. The van der Waals surface area contributed by atoms with Crippen molar-refractivity contribution in [3.05, 3.63) is 18.3 Å². The standard InChI is InChI=1S/C11H17BrN2O/c1-11(2,8-12)14(3)10-9(15-4)6-5-7-13-10/h5-7H,8H2,1-4H3. The van der Waals surface area contributed by atoms with Gasteiger partial charge < -0.3 is 9.64 Å². The van der Waals surface area contributed by atoms with Crippen molar-refractivity contribution < 1.29 is 4.74 Å². The number of halogens is 1. The fourth-order valence-electron chi connectivity index (χ4n) is 1.17. The topological polar surface area (TPSA) is 25.4 Å². The average Bonchev–Trinajstić information content (AvgIpc) is 2.28. The lowest BCUT2D eigenvalue weighted by atomic mass is 10.1. The lowest BCUT2D eigenvalue weighted by Crippen LogP contribution is -2.43. The van der Waals surface area contributed by atoms with Crippen LogP contribution in [0.2, 0.25) is 0 Å². The van der Waals surface area contributed by atoms with Crippen molar-refractivity contribution in [1.82, 2.24) is 4.98 Å². The summed E-state index contributed by atoms with van der Waals surface area (Å²) in [5.74, 6) is 1.67. The van der Waals surface area contributed by atoms with Crippen LogP contribution in [0.15, 0.2) is 18.3 Å². The van der Waals surface area contributed by atoms with Crippen LogP contribution in [0.5, 0.6) is 5.75 Å². The smallest absolute Gasteiger partial charge is 0.171 e. The molecule has 0 aliphatic rings. The van der Waals surface area contributed by atoms with Crippen LogP contribution in [-0.2, 0) is 0 Å². The van der Waals surface area contributed by atoms with Gasteiger partial charge in [-0.25, -0.2) is 4.98 Å². The predicted molar refractivity (Wildman–Crippen MR) is 67.1 cm³/mol. The molecule has 3 nitrogen and oxygen atoms in total. The van der Waals surface area contributed by atoms with Crippen LogP contribution < -0.4 is 9.64 Å². The lowest BCUT2D eigenvalue weighted by Gasteiger charge is -2.35. The number of rotatable bonds is 4. The van der Waals surface area contributed by atoms with Gasteiger partial charge in [-0.1, -0.05) is 15.9 Å². The van der Waals surface area contributed by atoms with E-state index < -0.39 is 0 Å². The Balaban J connectivity index is 3.05. The van der Waals surface area contributed by atoms with E-state index in [0.29, 0.717) is 0 Å². The average molecular weight is 273 g/mol. The largest absolute Gasteiger partial charge is 0.493 e. The van der Waals surface area contributed by atoms with Crippen molar-refractivity contribution in [3.63, 3.8) is 0 Å². The number of methoxy groups -OCH3 is 1. The molecule has 0 bridgehead atoms. The molecule has 0 saturated heterocycles. The van der Waals surface area contributed by atoms with E-state index in [0.717, 1.165) is 16.9 Å². The molecule has 15 heavy (non-hydrogen) atoms. The lowest BCUT2D eigenvalue weighted by molar-refractivity contribution is 0.408. The Labute approximate surface area is 99.6 Å². The van der Waals surface area contributed by atoms with Crippen molar-refractivity contribution in [3.8, 4) is 5.75 Å². The molecule has 0 aliphatic heterocycles. The third-order valence-corrected chi connectivity index (χ3v) is 3.90. The highest BCUT2D eigenvalue weighted by Gasteiger charge is 2.25. The zero-order chi connectivity index (χ0) is 11.5. The minimum absolute atomic E-state index is 0.00162. The third-order valence-electron chi connectivity index (χ3n) is 2.52. The van der Waals surface area contributed by atoms with E-state index in [1.54, 1.807) is 13.3 Å². The molecule has 4 heteroatoms. The Bertz CT molecular complexity index is 328. The van der Waals surface area contributed by atoms with Gasteiger partial charge in [0.25, 0.3) is 0 Å². The number of aromatic nitrogens is 1. The first kappa shape index (κ1) is 12.3. The molecule has 0 atom stereocenters. The molecule has 1 aromatic heterocycles. The number of nitrogens with zero attached hydrogens (tertiary/aromatic N) is 2. The van der Waals surface area contributed by atoms with Crippen molar-refractivity contribution in [2.24, 2.45) is 0 Å². The molecule has 0 saturated carbocycles. The van der Waals surface area contributed by atoms with Crippen LogP contribution in [0.25, 0.3) is 0 Å². The van der Waals surface area contributed by atoms with Gasteiger partial charge in [0.1, 0.15) is 0 Å². The number of hydrogen-bond acceptors (Lipinski definition) is 3. The highest BCUT2D eigenvalue weighted by atomic mass is 79.9. The number of anilines is 1. The second kappa shape index (κ2) is 4.84. The molecule has 0 amide bonds. The summed E-state index contributed by atoms with van der Waals surface area (Å²) >= 11 is 3.51. The van der Waals surface area contributed by atoms with Gasteiger partial charge in [0, 0.05) is 24.1 Å². The molecule has 0 aliphatic carbocycles. The fraction of sp³-hybridized carbons (Fsp3) is 0.545. The first-order chi connectivity index (χ1) is 7.03. The van der Waals surface area contributed by atoms with Gasteiger partial charge >= 0.3 is 0 Å². The van der Waals surface area contributed by atoms with Crippen molar-refractivity contribution in [2.45, 2.75) is 19.4 Å². The highest BCUT2D eigenvalue weighted by molar-refractivity contribution is 9.09. The Morgan fingerprint density at radius 2 is 2.20 bits per heavy atom. The van der Waals surface area contributed by atoms with Gasteiger partial charge in [0.2, 0.25) is 0 Å². The van der Waals surface area contributed by atoms with Crippen LogP contribution in [0.3, 0.4) is 0 Å². The first-order valence-electron chi connectivity index (χ1n) is 4.81. The minimum atomic E-state index is 0.00162. The molecular formula is C11H17BrN2O. The van der Waals surface area contributed by atoms with E-state index in [1.165, 1.54) is 0 Å². The van der Waals surface area contributed by atoms with E-state index in [4.69, 9.17) is 4.74 Å². The van der Waals surface area contributed by atoms with E-state index >= 15 is 0 Å². The molecule has 1 aromatic rings. The predicted octanol–water partition coefficient (Wildman–Crippen LogP) is 2.70. The Morgan fingerprint density at radius 3 is 2.73 bits per heavy atom. The van der Waals surface area contributed by atoms with Gasteiger partial charge in [0.05, 0.1) is 7.11 Å². The normalized spacial score (nSPS) is 11.3. The summed E-state index contributed by atoms with van der Waals surface area (Å²) in [5, 5.41) is 0.871. The Hall–Kier alpha value is -0.770. The molecule has 0 aromatic carbocycles. The summed E-state index contributed by atoms with van der Waals surface area (Å²) in [7, 11) is 3.68. The number of alkyl halides is 1. The SMILES string of the molecule is COc1cccnc1N(C)C(C)(C)CBr. The molecule has 0 unspecified atom stereocenters. The summed E-state index contributed by atoms with van der Waals surface area (Å²) in [6.07, 6.45) is 1.78. The van der Waals surface area contributed by atoms with Gasteiger partial charge in [0.15, 0.2) is 11.6 Å². The van der Waals surface area contributed by atoms with E-state index in [9.17, 15) is 0 Å². The van der Waals surface area contributed by atoms with Gasteiger partial charge in [-0.15, -0.1) is 0 Å². The van der Waals surface area contributed by atoms with Crippen molar-refractivity contribution in [1.29, 1.82) is 0 Å². The first-order valence-corrected chi connectivity index (χ1v) is 5.94. The Kier molecular flexibility index (Phi) is 3.97. The van der Waals surface area contributed by atoms with E-state index in [1.807, 2.05) is 19.2 Å². The fourth-order valence-corrected chi connectivity index (χ4v) is 1.55. The molecule has 1 rings (SSSR count). The number of ether oxygens (including phenoxy) is 1. The van der Waals surface area contributed by atoms with Crippen LogP contribution in [0, 0.1) is 0 Å². The summed E-state index contributed by atoms with van der Waals surface area (Å²) in [6, 6.07) is 3.79.